The smallest absolute Gasteiger partial charge is 0.224 e. The standard InChI is InChI=1S/C24H34N6O4S/c1-6-34-10-9-26-23-27-12(2)17(22-29-18-13(3)25-8-7-16(18)35-22)21(30-23)28-15-11-14(24(4,5)33)19(31)20(15)32/h7-8,14-15,19-20,31-33H,6,9-11H2,1-5H3,(H2,26,27,28,30)/t14-,15+,19+,20-/m0/s1. The maximum atomic E-state index is 10.8. The molecule has 0 unspecified atom stereocenters. The summed E-state index contributed by atoms with van der Waals surface area (Å²) in [6, 6.07) is 1.42. The van der Waals surface area contributed by atoms with Crippen molar-refractivity contribution in [3.05, 3.63) is 23.7 Å². The number of aryl methyl sites for hydroxylation is 2. The third-order valence-corrected chi connectivity index (χ3v) is 7.48. The first-order chi connectivity index (χ1) is 16.6. The van der Waals surface area contributed by atoms with Crippen LogP contribution < -0.4 is 10.6 Å². The fourth-order valence-corrected chi connectivity index (χ4v) is 5.65. The molecule has 1 aliphatic carbocycles. The molecule has 1 saturated carbocycles. The number of aliphatic hydroxyl groups is 3. The normalized spacial score (nSPS) is 22.6. The average Bonchev–Trinajstić information content (AvgIpc) is 3.34. The molecule has 4 rings (SSSR count). The van der Waals surface area contributed by atoms with Crippen molar-refractivity contribution in [1.82, 2.24) is 19.9 Å². The van der Waals surface area contributed by atoms with Crippen LogP contribution in [0, 0.1) is 19.8 Å². The molecule has 3 aromatic rings. The monoisotopic (exact) mass is 502 g/mol. The van der Waals surface area contributed by atoms with Crippen LogP contribution in [0.25, 0.3) is 20.8 Å². The molecular formula is C24H34N6O4S. The lowest BCUT2D eigenvalue weighted by Crippen LogP contribution is -2.40. The number of fused-ring (bicyclic) bond motifs is 1. The minimum Gasteiger partial charge on any atom is -0.390 e. The van der Waals surface area contributed by atoms with E-state index in [0.29, 0.717) is 37.9 Å². The summed E-state index contributed by atoms with van der Waals surface area (Å²) in [5.74, 6) is 0.453. The fourth-order valence-electron chi connectivity index (χ4n) is 4.54. The van der Waals surface area contributed by atoms with Crippen molar-refractivity contribution in [3.63, 3.8) is 0 Å². The first-order valence-electron chi connectivity index (χ1n) is 11.9. The summed E-state index contributed by atoms with van der Waals surface area (Å²) in [5, 5.41) is 39.2. The van der Waals surface area contributed by atoms with E-state index in [9.17, 15) is 15.3 Å². The Morgan fingerprint density at radius 3 is 2.57 bits per heavy atom. The second kappa shape index (κ2) is 10.3. The molecule has 190 valence electrons. The Morgan fingerprint density at radius 1 is 1.14 bits per heavy atom. The van der Waals surface area contributed by atoms with Crippen LogP contribution in [-0.4, -0.2) is 78.9 Å². The Hall–Kier alpha value is -2.44. The molecule has 3 heterocycles. The topological polar surface area (TPSA) is 146 Å². The first-order valence-corrected chi connectivity index (χ1v) is 12.7. The van der Waals surface area contributed by atoms with E-state index in [2.05, 4.69) is 20.6 Å². The van der Waals surface area contributed by atoms with Gasteiger partial charge in [0.15, 0.2) is 0 Å². The summed E-state index contributed by atoms with van der Waals surface area (Å²) in [6.45, 7) is 10.7. The third kappa shape index (κ3) is 5.39. The summed E-state index contributed by atoms with van der Waals surface area (Å²) in [4.78, 5) is 18.5. The summed E-state index contributed by atoms with van der Waals surface area (Å²) < 4.78 is 6.41. The molecule has 4 atom stereocenters. The molecule has 0 aromatic carbocycles. The van der Waals surface area contributed by atoms with Crippen LogP contribution in [-0.2, 0) is 4.74 Å². The predicted molar refractivity (Wildman–Crippen MR) is 137 cm³/mol. The third-order valence-electron chi connectivity index (χ3n) is 6.44. The summed E-state index contributed by atoms with van der Waals surface area (Å²) in [5.41, 5.74) is 1.99. The number of hydrogen-bond acceptors (Lipinski definition) is 11. The lowest BCUT2D eigenvalue weighted by molar-refractivity contribution is -0.0601. The molecule has 10 nitrogen and oxygen atoms in total. The summed E-state index contributed by atoms with van der Waals surface area (Å²) in [7, 11) is 0. The van der Waals surface area contributed by atoms with Gasteiger partial charge in [0.05, 0.1) is 46.0 Å². The van der Waals surface area contributed by atoms with Crippen molar-refractivity contribution in [3.8, 4) is 10.6 Å². The molecule has 0 amide bonds. The Morgan fingerprint density at radius 2 is 1.91 bits per heavy atom. The fraction of sp³-hybridized carbons (Fsp3) is 0.583. The first kappa shape index (κ1) is 25.6. The lowest BCUT2D eigenvalue weighted by Gasteiger charge is -2.28. The zero-order chi connectivity index (χ0) is 25.3. The molecule has 0 saturated heterocycles. The second-order valence-electron chi connectivity index (χ2n) is 9.47. The predicted octanol–water partition coefficient (Wildman–Crippen LogP) is 2.51. The lowest BCUT2D eigenvalue weighted by atomic mass is 9.88. The molecule has 0 bridgehead atoms. The minimum atomic E-state index is -1.13. The van der Waals surface area contributed by atoms with Gasteiger partial charge in [-0.3, -0.25) is 4.98 Å². The van der Waals surface area contributed by atoms with Crippen LogP contribution in [0.3, 0.4) is 0 Å². The van der Waals surface area contributed by atoms with Gasteiger partial charge in [0.25, 0.3) is 0 Å². The van der Waals surface area contributed by atoms with Gasteiger partial charge in [0.2, 0.25) is 5.95 Å². The van der Waals surface area contributed by atoms with Crippen molar-refractivity contribution >= 4 is 33.3 Å². The van der Waals surface area contributed by atoms with E-state index < -0.39 is 29.8 Å². The van der Waals surface area contributed by atoms with Crippen molar-refractivity contribution < 1.29 is 20.1 Å². The molecular weight excluding hydrogens is 468 g/mol. The van der Waals surface area contributed by atoms with Crippen LogP contribution in [0.2, 0.25) is 0 Å². The number of thiazole rings is 1. The van der Waals surface area contributed by atoms with Gasteiger partial charge in [-0.1, -0.05) is 0 Å². The van der Waals surface area contributed by atoms with E-state index in [-0.39, 0.29) is 0 Å². The zero-order valence-corrected chi connectivity index (χ0v) is 21.6. The molecule has 0 aliphatic heterocycles. The van der Waals surface area contributed by atoms with E-state index >= 15 is 0 Å². The number of rotatable bonds is 9. The highest BCUT2D eigenvalue weighted by Gasteiger charge is 2.48. The molecule has 3 aromatic heterocycles. The number of aromatic nitrogens is 4. The maximum absolute atomic E-state index is 10.8. The molecule has 5 N–H and O–H groups in total. The van der Waals surface area contributed by atoms with Crippen molar-refractivity contribution in [1.29, 1.82) is 0 Å². The number of hydrogen-bond donors (Lipinski definition) is 5. The van der Waals surface area contributed by atoms with Crippen LogP contribution >= 0.6 is 11.3 Å². The molecule has 0 spiro atoms. The number of nitrogens with one attached hydrogen (secondary N) is 2. The Labute approximate surface area is 208 Å². The number of anilines is 2. The zero-order valence-electron chi connectivity index (χ0n) is 20.7. The van der Waals surface area contributed by atoms with Crippen LogP contribution in [0.4, 0.5) is 11.8 Å². The van der Waals surface area contributed by atoms with Gasteiger partial charge in [-0.2, -0.15) is 4.98 Å². The van der Waals surface area contributed by atoms with Crippen molar-refractivity contribution in [2.75, 3.05) is 30.4 Å². The average molecular weight is 503 g/mol. The van der Waals surface area contributed by atoms with Crippen LogP contribution in [0.1, 0.15) is 38.6 Å². The number of aliphatic hydroxyl groups excluding tert-OH is 2. The Bertz CT molecular complexity index is 1180. The number of nitrogens with zero attached hydrogens (tertiary/aromatic N) is 4. The van der Waals surface area contributed by atoms with Crippen LogP contribution in [0.5, 0.6) is 0 Å². The van der Waals surface area contributed by atoms with Gasteiger partial charge in [-0.25, -0.2) is 9.97 Å². The van der Waals surface area contributed by atoms with Gasteiger partial charge in [0.1, 0.15) is 22.4 Å². The van der Waals surface area contributed by atoms with Crippen molar-refractivity contribution in [2.45, 2.75) is 64.9 Å². The highest BCUT2D eigenvalue weighted by atomic mass is 32.1. The number of ether oxygens (including phenoxy) is 1. The molecule has 0 radical (unpaired) electrons. The van der Waals surface area contributed by atoms with E-state index in [0.717, 1.165) is 32.2 Å². The summed E-state index contributed by atoms with van der Waals surface area (Å²) >= 11 is 1.52. The highest BCUT2D eigenvalue weighted by molar-refractivity contribution is 7.21. The largest absolute Gasteiger partial charge is 0.390 e. The second-order valence-corrected chi connectivity index (χ2v) is 10.5. The Balaban J connectivity index is 1.72. The quantitative estimate of drug-likeness (QED) is 0.277. The minimum absolute atomic E-state index is 0.379. The molecule has 35 heavy (non-hydrogen) atoms. The Kier molecular flexibility index (Phi) is 7.53. The highest BCUT2D eigenvalue weighted by Crippen LogP contribution is 2.40. The van der Waals surface area contributed by atoms with E-state index in [1.165, 1.54) is 11.3 Å². The molecule has 1 aliphatic rings. The van der Waals surface area contributed by atoms with Gasteiger partial charge >= 0.3 is 0 Å². The summed E-state index contributed by atoms with van der Waals surface area (Å²) in [6.07, 6.45) is 0.0230. The van der Waals surface area contributed by atoms with Gasteiger partial charge in [-0.05, 0) is 47.1 Å². The van der Waals surface area contributed by atoms with Crippen LogP contribution in [0.15, 0.2) is 12.3 Å². The van der Waals surface area contributed by atoms with Gasteiger partial charge < -0.3 is 30.7 Å². The van der Waals surface area contributed by atoms with Gasteiger partial charge in [-0.15, -0.1) is 11.3 Å². The maximum Gasteiger partial charge on any atom is 0.224 e. The SMILES string of the molecule is CCOCCNc1nc(C)c(-c2nc3c(C)nccc3s2)c(N[C@@H]2C[C@H](C(C)(C)O)[C@@H](O)[C@H]2O)n1. The van der Waals surface area contributed by atoms with Crippen molar-refractivity contribution in [2.24, 2.45) is 5.92 Å². The number of pyridine rings is 1. The van der Waals surface area contributed by atoms with E-state index in [1.54, 1.807) is 20.0 Å². The van der Waals surface area contributed by atoms with E-state index in [4.69, 9.17) is 14.7 Å². The van der Waals surface area contributed by atoms with Gasteiger partial charge in [0, 0.05) is 25.3 Å². The molecule has 11 heteroatoms. The molecule has 1 fully saturated rings. The van der Waals surface area contributed by atoms with E-state index in [1.807, 2.05) is 26.8 Å².